The van der Waals surface area contributed by atoms with Crippen molar-refractivity contribution in [1.29, 1.82) is 0 Å². The van der Waals surface area contributed by atoms with Crippen molar-refractivity contribution in [2.75, 3.05) is 25.0 Å². The number of piperidine rings is 1. The van der Waals surface area contributed by atoms with Gasteiger partial charge in [0.25, 0.3) is 0 Å². The van der Waals surface area contributed by atoms with E-state index in [-0.39, 0.29) is 24.4 Å². The van der Waals surface area contributed by atoms with Crippen LogP contribution in [-0.2, 0) is 0 Å². The van der Waals surface area contributed by atoms with Gasteiger partial charge in [0.1, 0.15) is 5.82 Å². The molecule has 3 rings (SSSR count). The predicted molar refractivity (Wildman–Crippen MR) is 86.1 cm³/mol. The zero-order chi connectivity index (χ0) is 16.2. The first kappa shape index (κ1) is 15.6. The van der Waals surface area contributed by atoms with Crippen LogP contribution < -0.4 is 5.32 Å². The first-order valence-corrected chi connectivity index (χ1v) is 7.77. The Hall–Kier alpha value is -2.34. The van der Waals surface area contributed by atoms with Crippen LogP contribution in [-0.4, -0.2) is 40.3 Å². The number of hydrogen-bond donors (Lipinski definition) is 2. The normalized spacial score (nSPS) is 18.0. The Bertz CT molecular complexity index is 672. The second-order valence-corrected chi connectivity index (χ2v) is 5.82. The highest BCUT2D eigenvalue weighted by molar-refractivity contribution is 5.89. The average Bonchev–Trinajstić information content (AvgIpc) is 3.11. The number of carbonyl (C=O) groups is 1. The number of urea groups is 1. The van der Waals surface area contributed by atoms with Crippen LogP contribution >= 0.6 is 0 Å². The number of nitrogens with one attached hydrogen (secondary N) is 1. The van der Waals surface area contributed by atoms with Gasteiger partial charge in [-0.3, -0.25) is 0 Å². The van der Waals surface area contributed by atoms with Gasteiger partial charge < -0.3 is 19.9 Å². The molecular formula is C17H20FN3O2. The van der Waals surface area contributed by atoms with E-state index < -0.39 is 0 Å². The van der Waals surface area contributed by atoms with Crippen LogP contribution in [0.3, 0.4) is 0 Å². The molecule has 1 aliphatic heterocycles. The van der Waals surface area contributed by atoms with Crippen molar-refractivity contribution in [2.24, 2.45) is 5.92 Å². The second kappa shape index (κ2) is 6.83. The number of carbonyl (C=O) groups excluding carboxylic acids is 1. The molecule has 122 valence electrons. The number of halogens is 1. The molecule has 0 saturated carbocycles. The number of nitrogens with zero attached hydrogens (tertiary/aromatic N) is 2. The van der Waals surface area contributed by atoms with E-state index in [1.54, 1.807) is 34.0 Å². The smallest absolute Gasteiger partial charge is 0.321 e. The van der Waals surface area contributed by atoms with E-state index in [1.165, 1.54) is 6.07 Å². The van der Waals surface area contributed by atoms with Crippen LogP contribution in [0.5, 0.6) is 0 Å². The lowest BCUT2D eigenvalue weighted by molar-refractivity contribution is 0.136. The Morgan fingerprint density at radius 2 is 2.13 bits per heavy atom. The Labute approximate surface area is 134 Å². The Balaban J connectivity index is 1.73. The van der Waals surface area contributed by atoms with Crippen molar-refractivity contribution in [3.05, 3.63) is 48.5 Å². The number of aliphatic hydroxyl groups excluding tert-OH is 1. The molecule has 6 heteroatoms. The molecule has 1 fully saturated rings. The third-order valence-corrected chi connectivity index (χ3v) is 4.14. The molecular weight excluding hydrogens is 297 g/mol. The van der Waals surface area contributed by atoms with Crippen molar-refractivity contribution in [3.8, 4) is 5.69 Å². The predicted octanol–water partition coefficient (Wildman–Crippen LogP) is 2.85. The van der Waals surface area contributed by atoms with E-state index in [9.17, 15) is 14.3 Å². The number of aromatic nitrogens is 1. The quantitative estimate of drug-likeness (QED) is 0.914. The molecule has 2 N–H and O–H groups in total. The Morgan fingerprint density at radius 1 is 1.35 bits per heavy atom. The minimum atomic E-state index is -0.350. The van der Waals surface area contributed by atoms with E-state index in [0.717, 1.165) is 12.8 Å². The van der Waals surface area contributed by atoms with Crippen LogP contribution in [0.2, 0.25) is 0 Å². The second-order valence-electron chi connectivity index (χ2n) is 5.82. The zero-order valence-electron chi connectivity index (χ0n) is 12.8. The third-order valence-electron chi connectivity index (χ3n) is 4.14. The molecule has 2 amide bonds. The highest BCUT2D eigenvalue weighted by Crippen LogP contribution is 2.21. The van der Waals surface area contributed by atoms with Gasteiger partial charge in [-0.15, -0.1) is 0 Å². The topological polar surface area (TPSA) is 57.5 Å². The summed E-state index contributed by atoms with van der Waals surface area (Å²) in [4.78, 5) is 14.0. The van der Waals surface area contributed by atoms with Gasteiger partial charge in [-0.2, -0.15) is 0 Å². The SMILES string of the molecule is O=C(Nc1ccc(F)c(-n2cccc2)c1)N1CCC[C@H](CO)C1. The molecule has 1 aliphatic rings. The summed E-state index contributed by atoms with van der Waals surface area (Å²) in [6, 6.07) is 7.92. The van der Waals surface area contributed by atoms with Crippen molar-refractivity contribution >= 4 is 11.7 Å². The van der Waals surface area contributed by atoms with Gasteiger partial charge in [0.15, 0.2) is 0 Å². The van der Waals surface area contributed by atoms with Gasteiger partial charge in [0.05, 0.1) is 5.69 Å². The number of hydrogen-bond acceptors (Lipinski definition) is 2. The molecule has 0 unspecified atom stereocenters. The maximum absolute atomic E-state index is 14.0. The van der Waals surface area contributed by atoms with Gasteiger partial charge >= 0.3 is 6.03 Å². The highest BCUT2D eigenvalue weighted by atomic mass is 19.1. The molecule has 0 bridgehead atoms. The number of likely N-dealkylation sites (tertiary alicyclic amines) is 1. The summed E-state index contributed by atoms with van der Waals surface area (Å²) >= 11 is 0. The van der Waals surface area contributed by atoms with E-state index in [4.69, 9.17) is 0 Å². The fourth-order valence-electron chi connectivity index (χ4n) is 2.88. The average molecular weight is 317 g/mol. The van der Waals surface area contributed by atoms with E-state index >= 15 is 0 Å². The number of rotatable bonds is 3. The zero-order valence-corrected chi connectivity index (χ0v) is 12.8. The van der Waals surface area contributed by atoms with Gasteiger partial charge in [-0.25, -0.2) is 9.18 Å². The van der Waals surface area contributed by atoms with Crippen molar-refractivity contribution in [3.63, 3.8) is 0 Å². The number of anilines is 1. The molecule has 2 heterocycles. The largest absolute Gasteiger partial charge is 0.396 e. The lowest BCUT2D eigenvalue weighted by atomic mass is 9.99. The fourth-order valence-corrected chi connectivity index (χ4v) is 2.88. The maximum atomic E-state index is 14.0. The molecule has 1 aromatic heterocycles. The summed E-state index contributed by atoms with van der Waals surface area (Å²) in [6.45, 7) is 1.32. The number of aliphatic hydroxyl groups is 1. The molecule has 1 aromatic carbocycles. The molecule has 0 spiro atoms. The van der Waals surface area contributed by atoms with Crippen LogP contribution in [0.25, 0.3) is 5.69 Å². The Morgan fingerprint density at radius 3 is 2.87 bits per heavy atom. The van der Waals surface area contributed by atoms with E-state index in [2.05, 4.69) is 5.32 Å². The third kappa shape index (κ3) is 3.53. The summed E-state index contributed by atoms with van der Waals surface area (Å²) in [6.07, 6.45) is 5.33. The lowest BCUT2D eigenvalue weighted by Crippen LogP contribution is -2.43. The maximum Gasteiger partial charge on any atom is 0.321 e. The van der Waals surface area contributed by atoms with Crippen LogP contribution in [0, 0.1) is 11.7 Å². The monoisotopic (exact) mass is 317 g/mol. The van der Waals surface area contributed by atoms with Gasteiger partial charge in [-0.1, -0.05) is 0 Å². The molecule has 0 aliphatic carbocycles. The standard InChI is InChI=1S/C17H20FN3O2/c18-15-6-5-14(10-16(15)20-7-1-2-8-20)19-17(23)21-9-3-4-13(11-21)12-22/h1-2,5-8,10,13,22H,3-4,9,11-12H2,(H,19,23)/t13-/m0/s1. The molecule has 23 heavy (non-hydrogen) atoms. The summed E-state index contributed by atoms with van der Waals surface area (Å²) in [7, 11) is 0. The van der Waals surface area contributed by atoms with Gasteiger partial charge in [0, 0.05) is 37.8 Å². The minimum absolute atomic E-state index is 0.0953. The molecule has 2 aromatic rings. The van der Waals surface area contributed by atoms with E-state index in [0.29, 0.717) is 24.5 Å². The van der Waals surface area contributed by atoms with Crippen LogP contribution in [0.1, 0.15) is 12.8 Å². The first-order chi connectivity index (χ1) is 11.2. The van der Waals surface area contributed by atoms with Gasteiger partial charge in [0.2, 0.25) is 0 Å². The van der Waals surface area contributed by atoms with Crippen LogP contribution in [0.4, 0.5) is 14.9 Å². The highest BCUT2D eigenvalue weighted by Gasteiger charge is 2.23. The number of benzene rings is 1. The van der Waals surface area contributed by atoms with Crippen molar-refractivity contribution in [2.45, 2.75) is 12.8 Å². The van der Waals surface area contributed by atoms with Crippen molar-refractivity contribution in [1.82, 2.24) is 9.47 Å². The summed E-state index contributed by atoms with van der Waals surface area (Å²) in [5.41, 5.74) is 0.936. The number of amides is 2. The fraction of sp³-hybridized carbons (Fsp3) is 0.353. The molecule has 1 saturated heterocycles. The first-order valence-electron chi connectivity index (χ1n) is 7.77. The summed E-state index contributed by atoms with van der Waals surface area (Å²) in [5, 5.41) is 12.1. The molecule has 1 atom stereocenters. The summed E-state index contributed by atoms with van der Waals surface area (Å²) in [5.74, 6) is -0.212. The molecule has 5 nitrogen and oxygen atoms in total. The molecule has 0 radical (unpaired) electrons. The van der Waals surface area contributed by atoms with E-state index in [1.807, 2.05) is 12.1 Å². The van der Waals surface area contributed by atoms with Crippen molar-refractivity contribution < 1.29 is 14.3 Å². The summed E-state index contributed by atoms with van der Waals surface area (Å²) < 4.78 is 15.6. The lowest BCUT2D eigenvalue weighted by Gasteiger charge is -2.31. The van der Waals surface area contributed by atoms with Crippen LogP contribution in [0.15, 0.2) is 42.7 Å². The minimum Gasteiger partial charge on any atom is -0.396 e. The van der Waals surface area contributed by atoms with Gasteiger partial charge in [-0.05, 0) is 49.1 Å². The Kier molecular flexibility index (Phi) is 4.62.